The van der Waals surface area contributed by atoms with Gasteiger partial charge in [0.05, 0.1) is 22.8 Å². The van der Waals surface area contributed by atoms with Gasteiger partial charge < -0.3 is 10.2 Å². The number of unbranched alkanes of at least 4 members (excludes halogenated alkanes) is 35. The van der Waals surface area contributed by atoms with E-state index in [1.54, 1.807) is 0 Å². The predicted octanol–water partition coefficient (Wildman–Crippen LogP) is 23.0. The first-order chi connectivity index (χ1) is 37.4. The van der Waals surface area contributed by atoms with Gasteiger partial charge in [0.15, 0.2) is 0 Å². The summed E-state index contributed by atoms with van der Waals surface area (Å²) in [6, 6.07) is 21.3. The maximum absolute atomic E-state index is 11.2. The van der Waals surface area contributed by atoms with Gasteiger partial charge in [-0.1, -0.05) is 303 Å². The second-order valence-electron chi connectivity index (χ2n) is 23.0. The molecule has 4 nitrogen and oxygen atoms in total. The summed E-state index contributed by atoms with van der Waals surface area (Å²) in [6.45, 7) is 13.4. The Bertz CT molecular complexity index is 1850. The minimum absolute atomic E-state index is 0. The van der Waals surface area contributed by atoms with Gasteiger partial charge in [0.1, 0.15) is 0 Å². The Morgan fingerprint density at radius 2 is 0.610 bits per heavy atom. The number of aliphatic imine (C=N–C) groups is 2. The summed E-state index contributed by atoms with van der Waals surface area (Å²) < 4.78 is 0. The number of benzene rings is 3. The molecule has 0 aliphatic heterocycles. The number of nitrogens with zero attached hydrogens (tertiary/aromatic N) is 2. The normalized spacial score (nSPS) is 11.7. The van der Waals surface area contributed by atoms with Gasteiger partial charge in [-0.2, -0.15) is 0 Å². The Hall–Kier alpha value is -2.91. The fourth-order valence-corrected chi connectivity index (χ4v) is 10.8. The van der Waals surface area contributed by atoms with Crippen LogP contribution in [0.1, 0.15) is 333 Å². The Balaban J connectivity index is 0.00000170. The number of hydrogen-bond acceptors (Lipinski definition) is 4. The molecule has 3 aromatic rings. The van der Waals surface area contributed by atoms with Crippen LogP contribution in [0, 0.1) is 0 Å². The first kappa shape index (κ1) is 72.1. The summed E-state index contributed by atoms with van der Waals surface area (Å²) in [6.07, 6.45) is 60.9. The molecule has 0 spiro atoms. The van der Waals surface area contributed by atoms with Crippen LogP contribution in [-0.4, -0.2) is 11.4 Å². The van der Waals surface area contributed by atoms with Crippen molar-refractivity contribution in [1.82, 2.24) is 0 Å². The molecule has 0 atom stereocenters. The van der Waals surface area contributed by atoms with Crippen LogP contribution in [0.2, 0.25) is 0 Å². The van der Waals surface area contributed by atoms with Crippen molar-refractivity contribution in [2.24, 2.45) is 9.98 Å². The summed E-state index contributed by atoms with van der Waals surface area (Å²) >= 11 is 0. The van der Waals surface area contributed by atoms with Crippen LogP contribution in [0.4, 0.5) is 11.4 Å². The molecular formula is C72H120N2NiO2. The molecule has 3 aromatic carbocycles. The van der Waals surface area contributed by atoms with Crippen molar-refractivity contribution in [1.29, 1.82) is 0 Å². The Morgan fingerprint density at radius 1 is 0.312 bits per heavy atom. The molecule has 0 aliphatic rings. The van der Waals surface area contributed by atoms with Crippen molar-refractivity contribution in [2.45, 2.75) is 337 Å². The molecule has 0 fully saturated rings. The largest absolute Gasteiger partial charge is 2.00 e. The second kappa shape index (κ2) is 52.5. The molecule has 0 aliphatic carbocycles. The number of rotatable bonds is 49. The molecule has 0 aromatic heterocycles. The number of aryl methyl sites for hydroxylation is 4. The van der Waals surface area contributed by atoms with Crippen LogP contribution in [0.5, 0.6) is 11.5 Å². The maximum atomic E-state index is 11.2. The van der Waals surface area contributed by atoms with E-state index < -0.39 is 0 Å². The van der Waals surface area contributed by atoms with E-state index in [2.05, 4.69) is 83.1 Å². The fraction of sp³-hybridized carbons (Fsp3) is 0.722. The average Bonchev–Trinajstić information content (AvgIpc) is 3.43. The van der Waals surface area contributed by atoms with E-state index in [-0.39, 0.29) is 28.0 Å². The SMILES string of the molecule is CCCCCCCCCCCCCCCCCc1cccc(N=C(CCCC)C(CCCCCCCC)=Nc2cccc(CCCCCCCCCCCCCCCCC)c2)c1.CCCCc1cc([O-])c([O-])cc1CC.[Ni+2]. The molecule has 0 saturated heterocycles. The molecule has 0 saturated carbocycles. The predicted molar refractivity (Wildman–Crippen MR) is 335 cm³/mol. The molecule has 77 heavy (non-hydrogen) atoms. The van der Waals surface area contributed by atoms with Gasteiger partial charge in [-0.05, 0) is 117 Å². The molecule has 0 unspecified atom stereocenters. The van der Waals surface area contributed by atoms with Gasteiger partial charge in [-0.25, -0.2) is 0 Å². The quantitative estimate of drug-likeness (QED) is 0.0321. The average molecular weight is 1100 g/mol. The molecule has 5 heteroatoms. The summed E-state index contributed by atoms with van der Waals surface area (Å²) in [5.74, 6) is -0.740. The van der Waals surface area contributed by atoms with E-state index in [9.17, 15) is 10.2 Å². The van der Waals surface area contributed by atoms with Crippen LogP contribution in [-0.2, 0) is 42.2 Å². The third-order valence-electron chi connectivity index (χ3n) is 15.8. The van der Waals surface area contributed by atoms with E-state index in [4.69, 9.17) is 9.98 Å². The summed E-state index contributed by atoms with van der Waals surface area (Å²) in [5, 5.41) is 22.3. The van der Waals surface area contributed by atoms with Gasteiger partial charge in [-0.3, -0.25) is 9.98 Å². The van der Waals surface area contributed by atoms with Crippen molar-refractivity contribution >= 4 is 22.8 Å². The molecule has 0 amide bonds. The molecular weight excluding hydrogens is 983 g/mol. The zero-order valence-corrected chi connectivity index (χ0v) is 52.3. The molecule has 0 bridgehead atoms. The van der Waals surface area contributed by atoms with Crippen LogP contribution in [0.25, 0.3) is 0 Å². The van der Waals surface area contributed by atoms with E-state index in [0.717, 1.165) is 80.3 Å². The zero-order chi connectivity index (χ0) is 54.8. The van der Waals surface area contributed by atoms with E-state index >= 15 is 0 Å². The first-order valence-electron chi connectivity index (χ1n) is 33.2. The topological polar surface area (TPSA) is 70.8 Å². The Labute approximate surface area is 488 Å². The second-order valence-corrected chi connectivity index (χ2v) is 23.0. The van der Waals surface area contributed by atoms with Crippen LogP contribution in [0.3, 0.4) is 0 Å². The fourth-order valence-electron chi connectivity index (χ4n) is 10.8. The number of hydrogen-bond donors (Lipinski definition) is 0. The van der Waals surface area contributed by atoms with Crippen LogP contribution in [0.15, 0.2) is 70.6 Å². The van der Waals surface area contributed by atoms with E-state index in [0.29, 0.717) is 0 Å². The summed E-state index contributed by atoms with van der Waals surface area (Å²) in [4.78, 5) is 10.9. The molecule has 0 radical (unpaired) electrons. The van der Waals surface area contributed by atoms with E-state index in [1.165, 1.54) is 272 Å². The molecule has 0 heterocycles. The minimum atomic E-state index is -0.373. The standard InChI is InChI=1S/C60H104N2.C12H18O2.Ni/c1-5-9-13-16-19-21-23-25-27-29-31-33-35-37-40-45-55-47-43-49-57(53-55)61-59(51-12-8-4)60(52-42-39-18-15-11-7-3)62-58-50-44-48-56(54-58)46-41-38-36-34-32-30-28-26-24-22-20-17-14-10-6-2;1-3-5-6-10-8-12(14)11(13)7-9(10)4-2;/h43-44,47-50,53-54H,5-42,45-46,51-52H2,1-4H3;7-8,13-14H,3-6H2,1-2H3;/q;;+2/p-2. The van der Waals surface area contributed by atoms with Crippen molar-refractivity contribution < 1.29 is 26.7 Å². The third-order valence-corrected chi connectivity index (χ3v) is 15.8. The molecule has 3 rings (SSSR count). The van der Waals surface area contributed by atoms with Crippen LogP contribution >= 0.6 is 0 Å². The van der Waals surface area contributed by atoms with Gasteiger partial charge >= 0.3 is 16.5 Å². The smallest absolute Gasteiger partial charge is 0.873 e. The Kier molecular flexibility index (Phi) is 49.1. The summed E-state index contributed by atoms with van der Waals surface area (Å²) in [5.41, 5.74) is 9.66. The van der Waals surface area contributed by atoms with Crippen molar-refractivity contribution in [2.75, 3.05) is 0 Å². The van der Waals surface area contributed by atoms with Crippen LogP contribution < -0.4 is 10.2 Å². The van der Waals surface area contributed by atoms with Crippen molar-refractivity contribution in [3.63, 3.8) is 0 Å². The maximum Gasteiger partial charge on any atom is 2.00 e. The third kappa shape index (κ3) is 39.2. The van der Waals surface area contributed by atoms with Crippen molar-refractivity contribution in [3.05, 3.63) is 82.9 Å². The minimum Gasteiger partial charge on any atom is -0.873 e. The van der Waals surface area contributed by atoms with Gasteiger partial charge in [-0.15, -0.1) is 11.5 Å². The molecule has 0 N–H and O–H groups in total. The van der Waals surface area contributed by atoms with Gasteiger partial charge in [0.2, 0.25) is 0 Å². The Morgan fingerprint density at radius 3 is 0.948 bits per heavy atom. The van der Waals surface area contributed by atoms with Gasteiger partial charge in [0, 0.05) is 0 Å². The van der Waals surface area contributed by atoms with E-state index in [1.807, 2.05) is 6.92 Å². The first-order valence-corrected chi connectivity index (χ1v) is 33.2. The van der Waals surface area contributed by atoms with Gasteiger partial charge in [0.25, 0.3) is 0 Å². The van der Waals surface area contributed by atoms with Crippen molar-refractivity contribution in [3.8, 4) is 11.5 Å². The monoisotopic (exact) mass is 1100 g/mol. The molecule has 440 valence electrons. The zero-order valence-electron chi connectivity index (χ0n) is 51.3. The summed E-state index contributed by atoms with van der Waals surface area (Å²) in [7, 11) is 0.